The molecule has 0 radical (unpaired) electrons. The molecule has 0 saturated carbocycles. The highest BCUT2D eigenvalue weighted by Gasteiger charge is 2.22. The first-order valence-electron chi connectivity index (χ1n) is 11.3. The Morgan fingerprint density at radius 3 is 2.42 bits per heavy atom. The van der Waals surface area contributed by atoms with Gasteiger partial charge < -0.3 is 20.0 Å². The molecule has 2 heterocycles. The van der Waals surface area contributed by atoms with Crippen molar-refractivity contribution in [3.63, 3.8) is 0 Å². The van der Waals surface area contributed by atoms with Crippen LogP contribution >= 0.6 is 0 Å². The van der Waals surface area contributed by atoms with Crippen molar-refractivity contribution >= 4 is 23.2 Å². The van der Waals surface area contributed by atoms with Crippen molar-refractivity contribution in [1.29, 1.82) is 0 Å². The molecule has 1 aliphatic heterocycles. The van der Waals surface area contributed by atoms with E-state index in [4.69, 9.17) is 4.42 Å². The van der Waals surface area contributed by atoms with Gasteiger partial charge in [0.25, 0.3) is 11.8 Å². The Kier molecular flexibility index (Phi) is 7.10. The summed E-state index contributed by atoms with van der Waals surface area (Å²) in [5.74, 6) is -0.271. The highest BCUT2D eigenvalue weighted by atomic mass is 16.3. The lowest BCUT2D eigenvalue weighted by Gasteiger charge is -2.39. The third kappa shape index (κ3) is 5.62. The van der Waals surface area contributed by atoms with E-state index in [1.165, 1.54) is 12.0 Å². The van der Waals surface area contributed by atoms with Gasteiger partial charge >= 0.3 is 0 Å². The minimum absolute atomic E-state index is 0.154. The van der Waals surface area contributed by atoms with Crippen LogP contribution in [-0.2, 0) is 0 Å². The van der Waals surface area contributed by atoms with Crippen molar-refractivity contribution in [2.75, 3.05) is 42.9 Å². The number of hydrogen-bond donors (Lipinski definition) is 2. The molecule has 7 heteroatoms. The molecule has 7 nitrogen and oxygen atoms in total. The number of nitrogens with one attached hydrogen (secondary N) is 2. The van der Waals surface area contributed by atoms with E-state index in [0.717, 1.165) is 31.7 Å². The number of amides is 2. The lowest BCUT2D eigenvalue weighted by atomic mass is 10.1. The number of rotatable bonds is 7. The molecule has 1 aromatic heterocycles. The number of furan rings is 1. The van der Waals surface area contributed by atoms with Gasteiger partial charge in [-0.15, -0.1) is 0 Å². The molecule has 1 fully saturated rings. The molecule has 1 aliphatic rings. The number of carbonyl (C=O) groups excluding carboxylic acids is 2. The summed E-state index contributed by atoms with van der Waals surface area (Å²) >= 11 is 0. The van der Waals surface area contributed by atoms with Gasteiger partial charge in [-0.05, 0) is 55.8 Å². The van der Waals surface area contributed by atoms with E-state index in [0.29, 0.717) is 17.8 Å². The predicted molar refractivity (Wildman–Crippen MR) is 130 cm³/mol. The van der Waals surface area contributed by atoms with Crippen LogP contribution in [0, 0.1) is 6.92 Å². The van der Waals surface area contributed by atoms with Crippen LogP contribution in [0.2, 0.25) is 0 Å². The molecule has 3 aromatic rings. The van der Waals surface area contributed by atoms with Crippen LogP contribution in [0.1, 0.15) is 33.4 Å². The summed E-state index contributed by atoms with van der Waals surface area (Å²) in [5.41, 5.74) is 3.23. The van der Waals surface area contributed by atoms with Crippen molar-refractivity contribution in [2.24, 2.45) is 0 Å². The molecule has 1 saturated heterocycles. The van der Waals surface area contributed by atoms with Gasteiger partial charge in [0.1, 0.15) is 0 Å². The fraction of sp³-hybridized carbons (Fsp3) is 0.308. The first-order valence-corrected chi connectivity index (χ1v) is 11.3. The van der Waals surface area contributed by atoms with Crippen LogP contribution in [0.5, 0.6) is 0 Å². The Hall–Kier alpha value is -3.58. The lowest BCUT2D eigenvalue weighted by Crippen LogP contribution is -2.52. The Balaban J connectivity index is 1.29. The van der Waals surface area contributed by atoms with E-state index < -0.39 is 0 Å². The largest absolute Gasteiger partial charge is 0.459 e. The third-order valence-corrected chi connectivity index (χ3v) is 6.11. The van der Waals surface area contributed by atoms with Crippen LogP contribution in [0.15, 0.2) is 71.3 Å². The van der Waals surface area contributed by atoms with Crippen LogP contribution in [0.3, 0.4) is 0 Å². The van der Waals surface area contributed by atoms with Gasteiger partial charge in [-0.3, -0.25) is 14.5 Å². The predicted octanol–water partition coefficient (Wildman–Crippen LogP) is 3.78. The smallest absolute Gasteiger partial charge is 0.291 e. The zero-order chi connectivity index (χ0) is 23.2. The van der Waals surface area contributed by atoms with Gasteiger partial charge in [-0.25, -0.2) is 0 Å². The van der Waals surface area contributed by atoms with Crippen molar-refractivity contribution in [3.8, 4) is 0 Å². The standard InChI is InChI=1S/C26H30N4O3/c1-19-10-11-21(17-23(19)28-26(32)24-9-6-16-33-24)25(31)27-18-20(2)29-12-14-30(15-13-29)22-7-4-3-5-8-22/h3-11,16-17,20H,12-15,18H2,1-2H3,(H,27,31)(H,28,32). The third-order valence-electron chi connectivity index (χ3n) is 6.11. The molecule has 0 spiro atoms. The van der Waals surface area contributed by atoms with Crippen molar-refractivity contribution in [2.45, 2.75) is 19.9 Å². The molecule has 172 valence electrons. The van der Waals surface area contributed by atoms with Gasteiger partial charge in [0.05, 0.1) is 6.26 Å². The molecule has 2 N–H and O–H groups in total. The fourth-order valence-corrected chi connectivity index (χ4v) is 4.02. The lowest BCUT2D eigenvalue weighted by molar-refractivity contribution is 0.0933. The van der Waals surface area contributed by atoms with Crippen molar-refractivity contribution in [1.82, 2.24) is 10.2 Å². The number of piperazine rings is 1. The summed E-state index contributed by atoms with van der Waals surface area (Å²) in [6, 6.07) is 19.3. The fourth-order valence-electron chi connectivity index (χ4n) is 4.02. The Bertz CT molecular complexity index is 1070. The zero-order valence-electron chi connectivity index (χ0n) is 19.1. The molecule has 0 aliphatic carbocycles. The summed E-state index contributed by atoms with van der Waals surface area (Å²) in [6.45, 7) is 8.45. The Labute approximate surface area is 194 Å². The Morgan fingerprint density at radius 2 is 1.73 bits per heavy atom. The molecule has 4 rings (SSSR count). The number of nitrogens with zero attached hydrogens (tertiary/aromatic N) is 2. The molecule has 0 bridgehead atoms. The molecular formula is C26H30N4O3. The number of carbonyl (C=O) groups is 2. The van der Waals surface area contributed by atoms with Gasteiger partial charge in [-0.1, -0.05) is 24.3 Å². The van der Waals surface area contributed by atoms with Gasteiger partial charge in [0.15, 0.2) is 5.76 Å². The maximum Gasteiger partial charge on any atom is 0.291 e. The average Bonchev–Trinajstić information content (AvgIpc) is 3.40. The molecular weight excluding hydrogens is 416 g/mol. The summed E-state index contributed by atoms with van der Waals surface area (Å²) in [6.07, 6.45) is 1.45. The topological polar surface area (TPSA) is 77.8 Å². The quantitative estimate of drug-likeness (QED) is 0.578. The van der Waals surface area contributed by atoms with Crippen molar-refractivity contribution < 1.29 is 14.0 Å². The van der Waals surface area contributed by atoms with Gasteiger partial charge in [0, 0.05) is 55.7 Å². The molecule has 2 amide bonds. The number of hydrogen-bond acceptors (Lipinski definition) is 5. The van der Waals surface area contributed by atoms with Gasteiger partial charge in [-0.2, -0.15) is 0 Å². The maximum atomic E-state index is 12.8. The van der Waals surface area contributed by atoms with E-state index in [1.807, 2.05) is 19.1 Å². The number of benzene rings is 2. The van der Waals surface area contributed by atoms with Crippen LogP contribution in [0.4, 0.5) is 11.4 Å². The summed E-state index contributed by atoms with van der Waals surface area (Å²) in [7, 11) is 0. The van der Waals surface area contributed by atoms with Gasteiger partial charge in [0.2, 0.25) is 0 Å². The second-order valence-corrected chi connectivity index (χ2v) is 8.38. The van der Waals surface area contributed by atoms with Crippen LogP contribution in [0.25, 0.3) is 0 Å². The highest BCUT2D eigenvalue weighted by molar-refractivity contribution is 6.03. The Morgan fingerprint density at radius 1 is 0.970 bits per heavy atom. The van der Waals surface area contributed by atoms with E-state index in [-0.39, 0.29) is 23.6 Å². The number of anilines is 2. The second kappa shape index (κ2) is 10.4. The SMILES string of the molecule is Cc1ccc(C(=O)NCC(C)N2CCN(c3ccccc3)CC2)cc1NC(=O)c1ccco1. The van der Waals surface area contributed by atoms with Crippen molar-refractivity contribution in [3.05, 3.63) is 83.8 Å². The number of aryl methyl sites for hydroxylation is 1. The van der Waals surface area contributed by atoms with E-state index in [2.05, 4.69) is 51.6 Å². The second-order valence-electron chi connectivity index (χ2n) is 8.38. The van der Waals surface area contributed by atoms with Crippen LogP contribution < -0.4 is 15.5 Å². The van der Waals surface area contributed by atoms with Crippen LogP contribution in [-0.4, -0.2) is 55.5 Å². The van der Waals surface area contributed by atoms with E-state index >= 15 is 0 Å². The normalized spacial score (nSPS) is 15.2. The minimum atomic E-state index is -0.344. The zero-order valence-corrected chi connectivity index (χ0v) is 19.1. The highest BCUT2D eigenvalue weighted by Crippen LogP contribution is 2.19. The average molecular weight is 447 g/mol. The maximum absolute atomic E-state index is 12.8. The summed E-state index contributed by atoms with van der Waals surface area (Å²) in [5, 5.41) is 5.86. The van der Waals surface area contributed by atoms with E-state index in [1.54, 1.807) is 24.3 Å². The first-order chi connectivity index (χ1) is 16.0. The number of para-hydroxylation sites is 1. The molecule has 1 unspecified atom stereocenters. The summed E-state index contributed by atoms with van der Waals surface area (Å²) in [4.78, 5) is 29.9. The molecule has 2 aromatic carbocycles. The first kappa shape index (κ1) is 22.6. The van der Waals surface area contributed by atoms with E-state index in [9.17, 15) is 9.59 Å². The minimum Gasteiger partial charge on any atom is -0.459 e. The molecule has 33 heavy (non-hydrogen) atoms. The monoisotopic (exact) mass is 446 g/mol. The molecule has 1 atom stereocenters. The summed E-state index contributed by atoms with van der Waals surface area (Å²) < 4.78 is 5.14.